The lowest BCUT2D eigenvalue weighted by Crippen LogP contribution is -2.38. The molecule has 146 valence electrons. The number of hydrogen-bond acceptors (Lipinski definition) is 7. The first-order valence-corrected chi connectivity index (χ1v) is 9.12. The van der Waals surface area contributed by atoms with Crippen molar-refractivity contribution >= 4 is 16.7 Å². The molecule has 4 rings (SSSR count). The number of benzene rings is 2. The van der Waals surface area contributed by atoms with E-state index in [1.807, 2.05) is 12.1 Å². The van der Waals surface area contributed by atoms with Gasteiger partial charge in [0, 0.05) is 20.1 Å². The number of rotatable bonds is 5. The van der Waals surface area contributed by atoms with Gasteiger partial charge in [-0.25, -0.2) is 0 Å². The zero-order valence-electron chi connectivity index (χ0n) is 15.8. The van der Waals surface area contributed by atoms with E-state index in [0.717, 1.165) is 28.6 Å². The second kappa shape index (κ2) is 7.95. The number of hydrogen-bond donors (Lipinski definition) is 1. The van der Waals surface area contributed by atoms with Crippen LogP contribution in [-0.4, -0.2) is 54.8 Å². The van der Waals surface area contributed by atoms with Gasteiger partial charge in [-0.15, -0.1) is 0 Å². The molecule has 0 radical (unpaired) electrons. The van der Waals surface area contributed by atoms with Gasteiger partial charge in [0.1, 0.15) is 5.75 Å². The van der Waals surface area contributed by atoms with Crippen molar-refractivity contribution in [3.05, 3.63) is 53.7 Å². The van der Waals surface area contributed by atoms with Crippen molar-refractivity contribution < 1.29 is 18.8 Å². The predicted octanol–water partition coefficient (Wildman–Crippen LogP) is 2.16. The summed E-state index contributed by atoms with van der Waals surface area (Å²) < 4.78 is 16.3. The van der Waals surface area contributed by atoms with Crippen LogP contribution in [0.2, 0.25) is 0 Å². The normalized spacial score (nSPS) is 17.6. The average molecular weight is 382 g/mol. The molecule has 2 aromatic carbocycles. The molecule has 3 aromatic rings. The van der Waals surface area contributed by atoms with E-state index in [1.165, 1.54) is 7.05 Å². The fourth-order valence-electron chi connectivity index (χ4n) is 3.33. The van der Waals surface area contributed by atoms with Gasteiger partial charge in [-0.05, 0) is 34.5 Å². The van der Waals surface area contributed by atoms with Crippen LogP contribution >= 0.6 is 0 Å². The van der Waals surface area contributed by atoms with E-state index in [9.17, 15) is 4.79 Å². The second-order valence-corrected chi connectivity index (χ2v) is 6.66. The molecule has 1 atom stereocenters. The first-order chi connectivity index (χ1) is 13.7. The molecule has 0 saturated carbocycles. The summed E-state index contributed by atoms with van der Waals surface area (Å²) in [6, 6.07) is 12.4. The van der Waals surface area contributed by atoms with Gasteiger partial charge >= 0.3 is 11.8 Å². The number of amides is 1. The van der Waals surface area contributed by atoms with Crippen LogP contribution in [-0.2, 0) is 11.3 Å². The minimum absolute atomic E-state index is 0.0210. The average Bonchev–Trinajstić information content (AvgIpc) is 3.21. The van der Waals surface area contributed by atoms with Gasteiger partial charge in [-0.3, -0.25) is 9.69 Å². The van der Waals surface area contributed by atoms with E-state index in [-0.39, 0.29) is 17.9 Å². The van der Waals surface area contributed by atoms with Gasteiger partial charge in [0.15, 0.2) is 5.82 Å². The summed E-state index contributed by atoms with van der Waals surface area (Å²) in [7, 11) is 3.19. The Hall–Kier alpha value is -2.97. The van der Waals surface area contributed by atoms with Crippen LogP contribution in [0.3, 0.4) is 0 Å². The minimum atomic E-state index is -0.383. The number of nitrogens with one attached hydrogen (secondary N) is 1. The standard InChI is InChI=1S/C20H22N4O4/c1-21-19(25)20-22-18(23-28-20)12-24-7-8-27-17(11-24)15-4-3-14-10-16(26-2)6-5-13(14)9-15/h3-6,9-10,17H,7-8,11-12H2,1-2H3,(H,21,25). The Labute approximate surface area is 162 Å². The van der Waals surface area contributed by atoms with E-state index in [2.05, 4.69) is 44.6 Å². The van der Waals surface area contributed by atoms with Crippen molar-refractivity contribution in [1.29, 1.82) is 0 Å². The number of ether oxygens (including phenoxy) is 2. The molecule has 1 aliphatic heterocycles. The van der Waals surface area contributed by atoms with Crippen LogP contribution < -0.4 is 10.1 Å². The van der Waals surface area contributed by atoms with E-state index >= 15 is 0 Å². The van der Waals surface area contributed by atoms with Crippen LogP contribution in [0.1, 0.15) is 28.2 Å². The molecule has 1 aliphatic rings. The fourth-order valence-corrected chi connectivity index (χ4v) is 3.33. The number of nitrogens with zero attached hydrogens (tertiary/aromatic N) is 3. The predicted molar refractivity (Wildman–Crippen MR) is 102 cm³/mol. The highest BCUT2D eigenvalue weighted by atomic mass is 16.5. The quantitative estimate of drug-likeness (QED) is 0.723. The molecule has 0 bridgehead atoms. The van der Waals surface area contributed by atoms with Gasteiger partial charge in [-0.1, -0.05) is 23.4 Å². The molecule has 1 unspecified atom stereocenters. The monoisotopic (exact) mass is 382 g/mol. The van der Waals surface area contributed by atoms with Crippen molar-refractivity contribution in [2.24, 2.45) is 0 Å². The SMILES string of the molecule is CNC(=O)c1nc(CN2CCOC(c3ccc4cc(OC)ccc4c3)C2)no1. The minimum Gasteiger partial charge on any atom is -0.497 e. The van der Waals surface area contributed by atoms with Crippen molar-refractivity contribution in [3.63, 3.8) is 0 Å². The Balaban J connectivity index is 1.46. The largest absolute Gasteiger partial charge is 0.497 e. The first kappa shape index (κ1) is 18.4. The summed E-state index contributed by atoms with van der Waals surface area (Å²) in [5, 5.41) is 8.64. The van der Waals surface area contributed by atoms with Crippen LogP contribution in [0.25, 0.3) is 10.8 Å². The summed E-state index contributed by atoms with van der Waals surface area (Å²) in [5.41, 5.74) is 1.13. The van der Waals surface area contributed by atoms with E-state index in [1.54, 1.807) is 7.11 Å². The number of carbonyl (C=O) groups excluding carboxylic acids is 1. The molecule has 1 N–H and O–H groups in total. The summed E-state index contributed by atoms with van der Waals surface area (Å²) in [5.74, 6) is 0.931. The molecule has 1 saturated heterocycles. The lowest BCUT2D eigenvalue weighted by molar-refractivity contribution is -0.0337. The van der Waals surface area contributed by atoms with Crippen LogP contribution in [0, 0.1) is 0 Å². The molecule has 0 spiro atoms. The summed E-state index contributed by atoms with van der Waals surface area (Å²) in [4.78, 5) is 17.9. The highest BCUT2D eigenvalue weighted by molar-refractivity contribution is 5.89. The summed E-state index contributed by atoms with van der Waals surface area (Å²) in [6.07, 6.45) is -0.0365. The zero-order chi connectivity index (χ0) is 19.5. The number of methoxy groups -OCH3 is 1. The van der Waals surface area contributed by atoms with E-state index in [4.69, 9.17) is 14.0 Å². The van der Waals surface area contributed by atoms with Crippen molar-refractivity contribution in [2.75, 3.05) is 33.9 Å². The third-order valence-corrected chi connectivity index (χ3v) is 4.85. The maximum atomic E-state index is 11.6. The maximum absolute atomic E-state index is 11.6. The van der Waals surface area contributed by atoms with Crippen LogP contribution in [0.4, 0.5) is 0 Å². The third-order valence-electron chi connectivity index (χ3n) is 4.85. The summed E-state index contributed by atoms with van der Waals surface area (Å²) >= 11 is 0. The number of fused-ring (bicyclic) bond motifs is 1. The van der Waals surface area contributed by atoms with Gasteiger partial charge < -0.3 is 19.3 Å². The zero-order valence-corrected chi connectivity index (χ0v) is 15.8. The Morgan fingerprint density at radius 3 is 2.93 bits per heavy atom. The molecule has 1 aromatic heterocycles. The Morgan fingerprint density at radius 2 is 2.11 bits per heavy atom. The van der Waals surface area contributed by atoms with Crippen LogP contribution in [0.5, 0.6) is 5.75 Å². The molecule has 8 nitrogen and oxygen atoms in total. The summed E-state index contributed by atoms with van der Waals surface area (Å²) in [6.45, 7) is 2.60. The molecule has 8 heteroatoms. The van der Waals surface area contributed by atoms with Crippen LogP contribution in [0.15, 0.2) is 40.9 Å². The topological polar surface area (TPSA) is 89.7 Å². The molecular formula is C20H22N4O4. The third kappa shape index (κ3) is 3.83. The molecule has 0 aliphatic carbocycles. The fraction of sp³-hybridized carbons (Fsp3) is 0.350. The van der Waals surface area contributed by atoms with E-state index < -0.39 is 0 Å². The maximum Gasteiger partial charge on any atom is 0.315 e. The van der Waals surface area contributed by atoms with E-state index in [0.29, 0.717) is 25.5 Å². The molecule has 1 amide bonds. The number of carbonyl (C=O) groups is 1. The number of morpholine rings is 1. The van der Waals surface area contributed by atoms with Crippen molar-refractivity contribution in [2.45, 2.75) is 12.6 Å². The van der Waals surface area contributed by atoms with Gasteiger partial charge in [0.05, 0.1) is 26.4 Å². The first-order valence-electron chi connectivity index (χ1n) is 9.12. The Bertz CT molecular complexity index is 987. The van der Waals surface area contributed by atoms with Gasteiger partial charge in [0.25, 0.3) is 0 Å². The van der Waals surface area contributed by atoms with Crippen molar-refractivity contribution in [3.8, 4) is 5.75 Å². The smallest absolute Gasteiger partial charge is 0.315 e. The lowest BCUT2D eigenvalue weighted by atomic mass is 10.0. The van der Waals surface area contributed by atoms with Crippen molar-refractivity contribution in [1.82, 2.24) is 20.4 Å². The van der Waals surface area contributed by atoms with Gasteiger partial charge in [0.2, 0.25) is 0 Å². The highest BCUT2D eigenvalue weighted by Gasteiger charge is 2.24. The molecule has 2 heterocycles. The second-order valence-electron chi connectivity index (χ2n) is 6.66. The lowest BCUT2D eigenvalue weighted by Gasteiger charge is -2.32. The molecule has 28 heavy (non-hydrogen) atoms. The highest BCUT2D eigenvalue weighted by Crippen LogP contribution is 2.28. The Morgan fingerprint density at radius 1 is 1.29 bits per heavy atom. The number of aromatic nitrogens is 2. The molecular weight excluding hydrogens is 360 g/mol. The van der Waals surface area contributed by atoms with Gasteiger partial charge in [-0.2, -0.15) is 4.98 Å². The Kier molecular flexibility index (Phi) is 5.23. The molecule has 1 fully saturated rings.